The van der Waals surface area contributed by atoms with Gasteiger partial charge in [-0.05, 0) is 25.0 Å². The van der Waals surface area contributed by atoms with Crippen LogP contribution < -0.4 is 4.90 Å². The van der Waals surface area contributed by atoms with E-state index in [1.165, 1.54) is 25.7 Å². The van der Waals surface area contributed by atoms with E-state index in [0.29, 0.717) is 24.7 Å². The minimum Gasteiger partial charge on any atom is -0.395 e. The Hall–Kier alpha value is -1.42. The van der Waals surface area contributed by atoms with Crippen LogP contribution in [-0.2, 0) is 0 Å². The molecule has 4 nitrogen and oxygen atoms in total. The summed E-state index contributed by atoms with van der Waals surface area (Å²) in [4.78, 5) is 18.0. The van der Waals surface area contributed by atoms with Crippen molar-refractivity contribution in [2.45, 2.75) is 45.1 Å². The van der Waals surface area contributed by atoms with Crippen LogP contribution in [0.3, 0.4) is 0 Å². The zero-order chi connectivity index (χ0) is 13.7. The van der Waals surface area contributed by atoms with E-state index in [2.05, 4.69) is 9.88 Å². The Bertz CT molecular complexity index is 411. The summed E-state index contributed by atoms with van der Waals surface area (Å²) in [6, 6.07) is 4.24. The average molecular weight is 262 g/mol. The van der Waals surface area contributed by atoms with Gasteiger partial charge in [-0.3, -0.25) is 9.78 Å². The molecule has 0 amide bonds. The van der Waals surface area contributed by atoms with Crippen LogP contribution in [0.15, 0.2) is 18.3 Å². The van der Waals surface area contributed by atoms with E-state index in [1.807, 2.05) is 13.0 Å². The van der Waals surface area contributed by atoms with Gasteiger partial charge in [0.15, 0.2) is 5.78 Å². The third-order valence-electron chi connectivity index (χ3n) is 3.79. The molecule has 1 aromatic rings. The lowest BCUT2D eigenvalue weighted by atomic mass is 10.1. The molecule has 0 aromatic carbocycles. The number of pyridine rings is 1. The van der Waals surface area contributed by atoms with Crippen molar-refractivity contribution < 1.29 is 9.90 Å². The first kappa shape index (κ1) is 14.0. The highest BCUT2D eigenvalue weighted by Crippen LogP contribution is 2.27. The van der Waals surface area contributed by atoms with Gasteiger partial charge in [0.1, 0.15) is 5.69 Å². The lowest BCUT2D eigenvalue weighted by molar-refractivity contribution is 0.0983. The van der Waals surface area contributed by atoms with Crippen LogP contribution in [0.4, 0.5) is 5.69 Å². The Kier molecular flexibility index (Phi) is 4.91. The molecule has 1 heterocycles. The summed E-state index contributed by atoms with van der Waals surface area (Å²) in [6.07, 6.45) is 7.11. The van der Waals surface area contributed by atoms with Gasteiger partial charge in [0.05, 0.1) is 18.5 Å². The first-order chi connectivity index (χ1) is 9.26. The predicted molar refractivity (Wildman–Crippen MR) is 75.5 cm³/mol. The van der Waals surface area contributed by atoms with Crippen molar-refractivity contribution in [1.29, 1.82) is 0 Å². The largest absolute Gasteiger partial charge is 0.395 e. The molecule has 0 aliphatic heterocycles. The maximum absolute atomic E-state index is 11.6. The Morgan fingerprint density at radius 1 is 1.42 bits per heavy atom. The summed E-state index contributed by atoms with van der Waals surface area (Å²) in [6.45, 7) is 2.62. The number of hydrogen-bond acceptors (Lipinski definition) is 4. The van der Waals surface area contributed by atoms with Crippen molar-refractivity contribution in [3.8, 4) is 0 Å². The smallest absolute Gasteiger partial charge is 0.180 e. The van der Waals surface area contributed by atoms with Gasteiger partial charge >= 0.3 is 0 Å². The quantitative estimate of drug-likeness (QED) is 0.800. The SMILES string of the molecule is CCC(=O)c1ccc(N(CCO)C2CCCC2)cn1. The van der Waals surface area contributed by atoms with Crippen LogP contribution in [-0.4, -0.2) is 35.1 Å². The lowest BCUT2D eigenvalue weighted by Gasteiger charge is -2.30. The molecule has 0 saturated heterocycles. The van der Waals surface area contributed by atoms with Crippen LogP contribution in [0.5, 0.6) is 0 Å². The number of aliphatic hydroxyl groups excluding tert-OH is 1. The van der Waals surface area contributed by atoms with Crippen molar-refractivity contribution in [2.24, 2.45) is 0 Å². The first-order valence-electron chi connectivity index (χ1n) is 7.13. The summed E-state index contributed by atoms with van der Waals surface area (Å²) in [7, 11) is 0. The van der Waals surface area contributed by atoms with E-state index in [0.717, 1.165) is 5.69 Å². The van der Waals surface area contributed by atoms with E-state index < -0.39 is 0 Å². The van der Waals surface area contributed by atoms with E-state index in [1.54, 1.807) is 12.3 Å². The number of carbonyl (C=O) groups excluding carboxylic acids is 1. The molecule has 1 saturated carbocycles. The van der Waals surface area contributed by atoms with Gasteiger partial charge in [0.2, 0.25) is 0 Å². The fourth-order valence-electron chi connectivity index (χ4n) is 2.75. The topological polar surface area (TPSA) is 53.4 Å². The van der Waals surface area contributed by atoms with Crippen molar-refractivity contribution in [3.05, 3.63) is 24.0 Å². The number of ketones is 1. The van der Waals surface area contributed by atoms with E-state index >= 15 is 0 Å². The molecule has 0 radical (unpaired) electrons. The number of Topliss-reactive ketones (excluding diaryl/α,β-unsaturated/α-hetero) is 1. The highest BCUT2D eigenvalue weighted by atomic mass is 16.3. The minimum absolute atomic E-state index is 0.0705. The third kappa shape index (κ3) is 3.32. The monoisotopic (exact) mass is 262 g/mol. The molecule has 1 aliphatic carbocycles. The van der Waals surface area contributed by atoms with Crippen molar-refractivity contribution in [3.63, 3.8) is 0 Å². The van der Waals surface area contributed by atoms with Crippen LogP contribution in [0.2, 0.25) is 0 Å². The average Bonchev–Trinajstić information content (AvgIpc) is 2.98. The number of rotatable bonds is 6. The van der Waals surface area contributed by atoms with Gasteiger partial charge in [-0.15, -0.1) is 0 Å². The molecule has 1 aromatic heterocycles. The number of aliphatic hydroxyl groups is 1. The number of nitrogens with zero attached hydrogens (tertiary/aromatic N) is 2. The van der Waals surface area contributed by atoms with Crippen LogP contribution in [0, 0.1) is 0 Å². The number of anilines is 1. The van der Waals surface area contributed by atoms with Gasteiger partial charge in [0, 0.05) is 19.0 Å². The van der Waals surface area contributed by atoms with Gasteiger partial charge < -0.3 is 10.0 Å². The maximum atomic E-state index is 11.6. The zero-order valence-electron chi connectivity index (χ0n) is 11.5. The molecule has 0 spiro atoms. The van der Waals surface area contributed by atoms with Crippen LogP contribution in [0.1, 0.15) is 49.5 Å². The van der Waals surface area contributed by atoms with E-state index in [4.69, 9.17) is 0 Å². The van der Waals surface area contributed by atoms with Crippen LogP contribution in [0.25, 0.3) is 0 Å². The normalized spacial score (nSPS) is 15.7. The molecule has 19 heavy (non-hydrogen) atoms. The Morgan fingerprint density at radius 2 is 2.16 bits per heavy atom. The Balaban J connectivity index is 2.14. The van der Waals surface area contributed by atoms with Gasteiger partial charge in [-0.1, -0.05) is 19.8 Å². The molecule has 0 atom stereocenters. The second-order valence-electron chi connectivity index (χ2n) is 5.03. The van der Waals surface area contributed by atoms with Crippen molar-refractivity contribution in [2.75, 3.05) is 18.1 Å². The molecule has 4 heteroatoms. The van der Waals surface area contributed by atoms with Gasteiger partial charge in [-0.25, -0.2) is 0 Å². The Morgan fingerprint density at radius 3 is 2.68 bits per heavy atom. The molecule has 1 fully saturated rings. The molecule has 0 bridgehead atoms. The van der Waals surface area contributed by atoms with E-state index in [9.17, 15) is 9.90 Å². The van der Waals surface area contributed by atoms with E-state index in [-0.39, 0.29) is 12.4 Å². The van der Waals surface area contributed by atoms with Crippen molar-refractivity contribution in [1.82, 2.24) is 4.98 Å². The summed E-state index contributed by atoms with van der Waals surface area (Å²) < 4.78 is 0. The zero-order valence-corrected chi connectivity index (χ0v) is 11.5. The fraction of sp³-hybridized carbons (Fsp3) is 0.600. The fourth-order valence-corrected chi connectivity index (χ4v) is 2.75. The second kappa shape index (κ2) is 6.66. The summed E-state index contributed by atoms with van der Waals surface area (Å²) in [5, 5.41) is 9.22. The van der Waals surface area contributed by atoms with Crippen molar-refractivity contribution >= 4 is 11.5 Å². The molecule has 1 aliphatic rings. The summed E-state index contributed by atoms with van der Waals surface area (Å²) in [5.41, 5.74) is 1.54. The molecule has 2 rings (SSSR count). The lowest BCUT2D eigenvalue weighted by Crippen LogP contribution is -2.35. The standard InChI is InChI=1S/C15H22N2O2/c1-2-15(19)14-8-7-13(11-16-14)17(9-10-18)12-5-3-4-6-12/h7-8,11-12,18H,2-6,9-10H2,1H3. The molecule has 1 N–H and O–H groups in total. The van der Waals surface area contributed by atoms with Gasteiger partial charge in [0.25, 0.3) is 0 Å². The third-order valence-corrected chi connectivity index (χ3v) is 3.79. The summed E-state index contributed by atoms with van der Waals surface area (Å²) >= 11 is 0. The molecule has 104 valence electrons. The van der Waals surface area contributed by atoms with Gasteiger partial charge in [-0.2, -0.15) is 0 Å². The summed E-state index contributed by atoms with van der Waals surface area (Å²) in [5.74, 6) is 0.0705. The molecular formula is C15H22N2O2. The first-order valence-corrected chi connectivity index (χ1v) is 7.13. The maximum Gasteiger partial charge on any atom is 0.180 e. The molecule has 0 unspecified atom stereocenters. The highest BCUT2D eigenvalue weighted by molar-refractivity contribution is 5.94. The minimum atomic E-state index is 0.0705. The highest BCUT2D eigenvalue weighted by Gasteiger charge is 2.22. The Labute approximate surface area is 114 Å². The van der Waals surface area contributed by atoms with Crippen LogP contribution >= 0.6 is 0 Å². The number of hydrogen-bond donors (Lipinski definition) is 1. The second-order valence-corrected chi connectivity index (χ2v) is 5.03. The predicted octanol–water partition coefficient (Wildman–Crippen LogP) is 2.42. The number of carbonyl (C=O) groups is 1. The number of aromatic nitrogens is 1. The molecular weight excluding hydrogens is 240 g/mol.